The average molecular weight is 976 g/mol. The first-order valence-corrected chi connectivity index (χ1v) is 20.5. The number of nitrogens with two attached hydrogens (primary N) is 4. The number of nitrogens with one attached hydrogen (secondary N) is 11. The number of carbonyl (C=O) groups excluding carboxylic acids is 8. The zero-order valence-electron chi connectivity index (χ0n) is 36.8. The molecule has 0 aromatic heterocycles. The van der Waals surface area contributed by atoms with Crippen molar-refractivity contribution in [3.8, 4) is 0 Å². The van der Waals surface area contributed by atoms with Gasteiger partial charge in [0.05, 0.1) is 25.5 Å². The summed E-state index contributed by atoms with van der Waals surface area (Å²) in [6.07, 6.45) is -4.77. The summed E-state index contributed by atoms with van der Waals surface area (Å²) in [6.45, 7) is 0.297. The van der Waals surface area contributed by atoms with Crippen LogP contribution in [0.5, 0.6) is 0 Å². The maximum Gasteiger partial charge on any atom is 0.326 e. The lowest BCUT2D eigenvalue weighted by atomic mass is 10.1. The summed E-state index contributed by atoms with van der Waals surface area (Å²) in [5, 5.41) is 81.7. The predicted octanol–water partition coefficient (Wildman–Crippen LogP) is -8.59. The largest absolute Gasteiger partial charge is 0.481 e. The first-order chi connectivity index (χ1) is 31.7. The molecule has 0 aliphatic heterocycles. The molecule has 24 N–H and O–H groups in total. The number of aliphatic carboxylic acids is 4. The van der Waals surface area contributed by atoms with Gasteiger partial charge in [0.2, 0.25) is 47.3 Å². The number of rotatable bonds is 34. The second-order valence-electron chi connectivity index (χ2n) is 14.8. The molecule has 0 aromatic rings. The number of aliphatic hydroxyl groups is 1. The fourth-order valence-electron chi connectivity index (χ4n) is 5.57. The number of carbonyl (C=O) groups is 12. The second-order valence-corrected chi connectivity index (χ2v) is 14.8. The van der Waals surface area contributed by atoms with E-state index >= 15 is 0 Å². The predicted molar refractivity (Wildman–Crippen MR) is 230 cm³/mol. The highest BCUT2D eigenvalue weighted by Gasteiger charge is 2.35. The Bertz CT molecular complexity index is 1870. The van der Waals surface area contributed by atoms with Gasteiger partial charge >= 0.3 is 23.9 Å². The van der Waals surface area contributed by atoms with Crippen LogP contribution in [0.4, 0.5) is 0 Å². The summed E-state index contributed by atoms with van der Waals surface area (Å²) < 4.78 is 0. The van der Waals surface area contributed by atoms with Gasteiger partial charge in [-0.05, 0) is 45.4 Å². The number of hydrogen-bond acceptors (Lipinski definition) is 16. The van der Waals surface area contributed by atoms with E-state index in [-0.39, 0.29) is 44.3 Å². The fraction of sp³-hybridized carbons (Fsp3) is 0.611. The Labute approximate surface area is 386 Å². The van der Waals surface area contributed by atoms with Gasteiger partial charge < -0.3 is 96.3 Å². The minimum Gasteiger partial charge on any atom is -0.481 e. The molecule has 382 valence electrons. The van der Waals surface area contributed by atoms with E-state index < -0.39 is 165 Å². The lowest BCUT2D eigenvalue weighted by molar-refractivity contribution is -0.144. The lowest BCUT2D eigenvalue weighted by Crippen LogP contribution is -2.60. The Balaban J connectivity index is 6.19. The van der Waals surface area contributed by atoms with Crippen LogP contribution in [0.2, 0.25) is 0 Å². The Morgan fingerprint density at radius 3 is 1.28 bits per heavy atom. The quantitative estimate of drug-likeness (QED) is 0.0162. The first-order valence-electron chi connectivity index (χ1n) is 20.5. The second kappa shape index (κ2) is 31.1. The number of hydrogen-bond donors (Lipinski definition) is 20. The SMILES string of the molecule is CC(NC(=O)C(CO)NC(=O)C(CCCNC(=N)N)NC(=O)C(N)CCCNC(=N)N)C(=O)NC(CCC(=O)O)C(=O)NC(CC(=O)O)C(=O)NC(CCC(=O)O)C(=O)NC(CC(N)=O)C(=O)O. The highest BCUT2D eigenvalue weighted by atomic mass is 16.4. The van der Waals surface area contributed by atoms with E-state index in [2.05, 4.69) is 31.9 Å². The van der Waals surface area contributed by atoms with Crippen molar-refractivity contribution in [1.82, 2.24) is 47.9 Å². The van der Waals surface area contributed by atoms with E-state index in [1.54, 1.807) is 0 Å². The third-order valence-electron chi connectivity index (χ3n) is 9.12. The summed E-state index contributed by atoms with van der Waals surface area (Å²) in [7, 11) is 0. The zero-order valence-corrected chi connectivity index (χ0v) is 36.8. The maximum absolute atomic E-state index is 13.5. The van der Waals surface area contributed by atoms with E-state index in [1.807, 2.05) is 16.0 Å². The summed E-state index contributed by atoms with van der Waals surface area (Å²) in [6, 6.07) is -13.8. The molecular formula is C36H61N15O17. The van der Waals surface area contributed by atoms with Gasteiger partial charge in [-0.3, -0.25) is 63.6 Å². The van der Waals surface area contributed by atoms with Crippen molar-refractivity contribution in [2.24, 2.45) is 22.9 Å². The number of carboxylic acid groups (broad SMARTS) is 4. The maximum atomic E-state index is 13.5. The number of aliphatic hydroxyl groups excluding tert-OH is 1. The molecular weight excluding hydrogens is 914 g/mol. The third-order valence-corrected chi connectivity index (χ3v) is 9.12. The van der Waals surface area contributed by atoms with Crippen LogP contribution in [0.15, 0.2) is 0 Å². The molecule has 0 bridgehead atoms. The minimum absolute atomic E-state index is 0.0817. The Morgan fingerprint density at radius 2 is 0.853 bits per heavy atom. The van der Waals surface area contributed by atoms with Crippen LogP contribution >= 0.6 is 0 Å². The molecule has 0 spiro atoms. The van der Waals surface area contributed by atoms with Crippen molar-refractivity contribution in [3.05, 3.63) is 0 Å². The summed E-state index contributed by atoms with van der Waals surface area (Å²) >= 11 is 0. The van der Waals surface area contributed by atoms with Gasteiger partial charge in [0.15, 0.2) is 11.9 Å². The van der Waals surface area contributed by atoms with Crippen molar-refractivity contribution >= 4 is 83.1 Å². The Kier molecular flexibility index (Phi) is 27.5. The van der Waals surface area contributed by atoms with Gasteiger partial charge in [0.1, 0.15) is 42.3 Å². The van der Waals surface area contributed by atoms with Crippen LogP contribution in [-0.4, -0.2) is 177 Å². The number of carboxylic acids is 4. The molecule has 32 nitrogen and oxygen atoms in total. The Morgan fingerprint density at radius 1 is 0.471 bits per heavy atom. The van der Waals surface area contributed by atoms with Crippen molar-refractivity contribution in [2.75, 3.05) is 19.7 Å². The minimum atomic E-state index is -2.12. The molecule has 8 unspecified atom stereocenters. The molecule has 0 saturated heterocycles. The van der Waals surface area contributed by atoms with E-state index in [9.17, 15) is 78.0 Å². The molecule has 32 heteroatoms. The van der Waals surface area contributed by atoms with E-state index in [1.165, 1.54) is 0 Å². The smallest absolute Gasteiger partial charge is 0.326 e. The van der Waals surface area contributed by atoms with Gasteiger partial charge in [-0.25, -0.2) is 4.79 Å². The van der Waals surface area contributed by atoms with Gasteiger partial charge in [0.25, 0.3) is 0 Å². The molecule has 0 aromatic carbocycles. The van der Waals surface area contributed by atoms with Gasteiger partial charge in [-0.15, -0.1) is 0 Å². The van der Waals surface area contributed by atoms with Gasteiger partial charge in [-0.2, -0.15) is 0 Å². The summed E-state index contributed by atoms with van der Waals surface area (Å²) in [5.74, 6) is -16.6. The molecule has 0 fully saturated rings. The van der Waals surface area contributed by atoms with Crippen molar-refractivity contribution in [2.45, 2.75) is 119 Å². The molecule has 8 amide bonds. The fourth-order valence-corrected chi connectivity index (χ4v) is 5.57. The summed E-state index contributed by atoms with van der Waals surface area (Å²) in [5.41, 5.74) is 21.5. The Hall–Kier alpha value is -7.90. The monoisotopic (exact) mass is 975 g/mol. The van der Waals surface area contributed by atoms with Crippen molar-refractivity contribution in [3.63, 3.8) is 0 Å². The van der Waals surface area contributed by atoms with Crippen LogP contribution in [0.25, 0.3) is 0 Å². The van der Waals surface area contributed by atoms with Gasteiger partial charge in [-0.1, -0.05) is 0 Å². The lowest BCUT2D eigenvalue weighted by Gasteiger charge is -2.26. The summed E-state index contributed by atoms with van der Waals surface area (Å²) in [4.78, 5) is 150. The molecule has 0 rings (SSSR count). The van der Waals surface area contributed by atoms with Crippen LogP contribution in [0.3, 0.4) is 0 Å². The highest BCUT2D eigenvalue weighted by Crippen LogP contribution is 2.07. The standard InChI is InChI=1S/C36H61N15O17/c1-15(45-33(66)22(14-52)51-29(62)17(5-3-11-44-36(41)42)47-28(61)16(37)4-2-10-43-35(39)40)27(60)46-18(6-8-24(54)55)30(63)49-20(13-26(58)59)32(65)48-19(7-9-25(56)57)31(64)50-21(34(67)68)12-23(38)53/h15-22,52H,2-14,37H2,1H3,(H2,38,53)(H,45,66)(H,46,60)(H,47,61)(H,48,65)(H,49,63)(H,50,64)(H,51,62)(H,54,55)(H,56,57)(H,58,59)(H,67,68)(H4,39,40,43)(H4,41,42,44). The third kappa shape index (κ3) is 25.6. The van der Waals surface area contributed by atoms with Crippen LogP contribution < -0.4 is 70.8 Å². The van der Waals surface area contributed by atoms with E-state index in [4.69, 9.17) is 38.9 Å². The number of amides is 8. The number of guanidine groups is 2. The molecule has 0 radical (unpaired) electrons. The normalized spacial score (nSPS) is 14.2. The topological polar surface area (TPSA) is 566 Å². The molecule has 68 heavy (non-hydrogen) atoms. The van der Waals surface area contributed by atoms with Gasteiger partial charge in [0, 0.05) is 25.9 Å². The van der Waals surface area contributed by atoms with Crippen LogP contribution in [0, 0.1) is 10.8 Å². The van der Waals surface area contributed by atoms with E-state index in [0.717, 1.165) is 6.92 Å². The zero-order chi connectivity index (χ0) is 52.3. The average Bonchev–Trinajstić information content (AvgIpc) is 3.23. The van der Waals surface area contributed by atoms with Crippen LogP contribution in [0.1, 0.15) is 71.1 Å². The molecule has 0 aliphatic carbocycles. The van der Waals surface area contributed by atoms with Crippen molar-refractivity contribution in [1.29, 1.82) is 10.8 Å². The van der Waals surface area contributed by atoms with Crippen LogP contribution in [-0.2, 0) is 57.5 Å². The molecule has 0 heterocycles. The molecule has 0 aliphatic rings. The van der Waals surface area contributed by atoms with Crippen molar-refractivity contribution < 1.29 is 83.1 Å². The number of primary amides is 1. The highest BCUT2D eigenvalue weighted by molar-refractivity contribution is 5.98. The molecule has 0 saturated carbocycles. The first kappa shape index (κ1) is 60.1. The molecule has 8 atom stereocenters. The van der Waals surface area contributed by atoms with E-state index in [0.29, 0.717) is 6.42 Å².